The Labute approximate surface area is 151 Å². The van der Waals surface area contributed by atoms with E-state index in [1.165, 1.54) is 7.11 Å². The van der Waals surface area contributed by atoms with E-state index < -0.39 is 0 Å². The zero-order chi connectivity index (χ0) is 20.0. The molecule has 0 amide bonds. The average Bonchev–Trinajstić information content (AvgIpc) is 2.52. The summed E-state index contributed by atoms with van der Waals surface area (Å²) >= 11 is 0. The second-order valence-electron chi connectivity index (χ2n) is 5.72. The van der Waals surface area contributed by atoms with Crippen molar-refractivity contribution in [3.8, 4) is 0 Å². The van der Waals surface area contributed by atoms with Gasteiger partial charge in [-0.2, -0.15) is 0 Å². The molecular formula is C20H41N3O. The standard InChI is InChI=1S/C8H11NO.C4H11N.C4H9N.C4H10/c1-4-8(5-2)6-7-9-10-3;2*1-4(2)5-3;1-4(2)3/h4-7H,1-2H2,3H3;4-5H,1-3H3;5H,1H2,2-3H3;4H,1-3H3/b9-7+;;;. The summed E-state index contributed by atoms with van der Waals surface area (Å²) in [5, 5.41) is 9.37. The minimum atomic E-state index is 0.634. The molecule has 0 unspecified atom stereocenters. The Kier molecular flexibility index (Phi) is 32.8. The molecule has 0 saturated heterocycles. The van der Waals surface area contributed by atoms with Crippen molar-refractivity contribution in [2.24, 2.45) is 11.1 Å². The monoisotopic (exact) mass is 339 g/mol. The van der Waals surface area contributed by atoms with E-state index in [9.17, 15) is 0 Å². The number of nitrogens with zero attached hydrogens (tertiary/aromatic N) is 1. The molecule has 0 aliphatic rings. The van der Waals surface area contributed by atoms with Crippen LogP contribution >= 0.6 is 0 Å². The summed E-state index contributed by atoms with van der Waals surface area (Å²) in [5.74, 6) is 0.833. The number of allylic oxidation sites excluding steroid dienone is 5. The molecule has 0 aromatic heterocycles. The topological polar surface area (TPSA) is 45.7 Å². The molecule has 0 aliphatic heterocycles. The maximum Gasteiger partial charge on any atom is 0.106 e. The molecule has 0 aromatic carbocycles. The van der Waals surface area contributed by atoms with Gasteiger partial charge in [-0.15, -0.1) is 0 Å². The normalized spacial score (nSPS) is 8.62. The maximum absolute atomic E-state index is 4.44. The highest BCUT2D eigenvalue weighted by atomic mass is 16.6. The maximum atomic E-state index is 4.44. The van der Waals surface area contributed by atoms with Crippen molar-refractivity contribution in [1.29, 1.82) is 0 Å². The highest BCUT2D eigenvalue weighted by Gasteiger charge is 1.77. The summed E-state index contributed by atoms with van der Waals surface area (Å²) in [5.41, 5.74) is 1.92. The molecule has 4 nitrogen and oxygen atoms in total. The van der Waals surface area contributed by atoms with Crippen LogP contribution in [0.2, 0.25) is 0 Å². The van der Waals surface area contributed by atoms with Crippen LogP contribution in [0.15, 0.2) is 54.4 Å². The largest absolute Gasteiger partial charge is 0.399 e. The van der Waals surface area contributed by atoms with E-state index in [4.69, 9.17) is 0 Å². The molecule has 0 heterocycles. The van der Waals surface area contributed by atoms with Crippen molar-refractivity contribution in [3.05, 3.63) is 49.2 Å². The van der Waals surface area contributed by atoms with E-state index in [1.807, 2.05) is 21.0 Å². The van der Waals surface area contributed by atoms with E-state index in [1.54, 1.807) is 24.4 Å². The molecule has 0 aromatic rings. The highest BCUT2D eigenvalue weighted by molar-refractivity contribution is 5.73. The fourth-order valence-electron chi connectivity index (χ4n) is 0.397. The van der Waals surface area contributed by atoms with Gasteiger partial charge in [0.2, 0.25) is 0 Å². The lowest BCUT2D eigenvalue weighted by Crippen LogP contribution is -2.15. The third-order valence-electron chi connectivity index (χ3n) is 1.91. The molecule has 24 heavy (non-hydrogen) atoms. The van der Waals surface area contributed by atoms with Crippen LogP contribution in [0, 0.1) is 5.92 Å². The van der Waals surface area contributed by atoms with Gasteiger partial charge in [-0.05, 0) is 37.2 Å². The molecule has 0 saturated carbocycles. The molecule has 2 N–H and O–H groups in total. The first-order valence-electron chi connectivity index (χ1n) is 8.14. The number of rotatable bonds is 6. The van der Waals surface area contributed by atoms with Gasteiger partial charge in [0.25, 0.3) is 0 Å². The van der Waals surface area contributed by atoms with Gasteiger partial charge in [0.1, 0.15) is 7.11 Å². The van der Waals surface area contributed by atoms with Gasteiger partial charge < -0.3 is 15.5 Å². The Bertz CT molecular complexity index is 330. The van der Waals surface area contributed by atoms with E-state index in [2.05, 4.69) is 75.0 Å². The quantitative estimate of drug-likeness (QED) is 0.409. The summed E-state index contributed by atoms with van der Waals surface area (Å²) in [7, 11) is 5.29. The van der Waals surface area contributed by atoms with Crippen LogP contribution in [0.4, 0.5) is 0 Å². The van der Waals surface area contributed by atoms with Crippen molar-refractivity contribution >= 4 is 6.21 Å². The predicted molar refractivity (Wildman–Crippen MR) is 113 cm³/mol. The molecule has 0 spiro atoms. The number of hydrogen-bond donors (Lipinski definition) is 2. The molecule has 0 atom stereocenters. The Hall–Kier alpha value is -1.81. The van der Waals surface area contributed by atoms with Crippen LogP contribution in [0.5, 0.6) is 0 Å². The van der Waals surface area contributed by atoms with Gasteiger partial charge in [-0.25, -0.2) is 0 Å². The Balaban J connectivity index is -0.000000121. The van der Waals surface area contributed by atoms with Gasteiger partial charge in [-0.1, -0.05) is 71.7 Å². The summed E-state index contributed by atoms with van der Waals surface area (Å²) in [4.78, 5) is 4.44. The minimum Gasteiger partial charge on any atom is -0.399 e. The SMILES string of the molecule is C=C(C)NC.C=CC(C=C)=C/C=N/OC.CC(C)C.CNC(C)C. The first kappa shape index (κ1) is 30.1. The summed E-state index contributed by atoms with van der Waals surface area (Å²) in [6.07, 6.45) is 6.67. The third-order valence-corrected chi connectivity index (χ3v) is 1.91. The van der Waals surface area contributed by atoms with Crippen molar-refractivity contribution < 1.29 is 4.84 Å². The second-order valence-corrected chi connectivity index (χ2v) is 5.72. The van der Waals surface area contributed by atoms with Crippen LogP contribution in [-0.2, 0) is 4.84 Å². The van der Waals surface area contributed by atoms with E-state index in [0.717, 1.165) is 17.2 Å². The molecule has 0 fully saturated rings. The van der Waals surface area contributed by atoms with Gasteiger partial charge in [0, 0.05) is 13.1 Å². The van der Waals surface area contributed by atoms with Gasteiger partial charge in [0.05, 0.1) is 6.21 Å². The fraction of sp³-hybridized carbons (Fsp3) is 0.550. The second kappa shape index (κ2) is 26.1. The van der Waals surface area contributed by atoms with Crippen LogP contribution in [-0.4, -0.2) is 33.5 Å². The van der Waals surface area contributed by atoms with Crippen molar-refractivity contribution in [3.63, 3.8) is 0 Å². The lowest BCUT2D eigenvalue weighted by atomic mass is 10.2. The van der Waals surface area contributed by atoms with Gasteiger partial charge in [0.15, 0.2) is 0 Å². The Morgan fingerprint density at radius 3 is 1.54 bits per heavy atom. The van der Waals surface area contributed by atoms with Crippen molar-refractivity contribution in [1.82, 2.24) is 10.6 Å². The lowest BCUT2D eigenvalue weighted by molar-refractivity contribution is 0.215. The molecular weight excluding hydrogens is 298 g/mol. The van der Waals surface area contributed by atoms with Crippen LogP contribution < -0.4 is 10.6 Å². The summed E-state index contributed by atoms with van der Waals surface area (Å²) in [6, 6.07) is 0.634. The predicted octanol–water partition coefficient (Wildman–Crippen LogP) is 4.93. The molecule has 142 valence electrons. The summed E-state index contributed by atoms with van der Waals surface area (Å²) in [6.45, 7) is 23.3. The molecule has 4 heteroatoms. The lowest BCUT2D eigenvalue weighted by Gasteiger charge is -1.95. The van der Waals surface area contributed by atoms with Crippen LogP contribution in [0.25, 0.3) is 0 Å². The minimum absolute atomic E-state index is 0.634. The molecule has 0 rings (SSSR count). The summed E-state index contributed by atoms with van der Waals surface area (Å²) < 4.78 is 0. The number of nitrogens with one attached hydrogen (secondary N) is 2. The van der Waals surface area contributed by atoms with Crippen LogP contribution in [0.1, 0.15) is 41.5 Å². The van der Waals surface area contributed by atoms with Crippen LogP contribution in [0.3, 0.4) is 0 Å². The Morgan fingerprint density at radius 1 is 1.04 bits per heavy atom. The van der Waals surface area contributed by atoms with Gasteiger partial charge in [-0.3, -0.25) is 0 Å². The van der Waals surface area contributed by atoms with Gasteiger partial charge >= 0.3 is 0 Å². The number of hydrogen-bond acceptors (Lipinski definition) is 4. The zero-order valence-corrected chi connectivity index (χ0v) is 17.4. The first-order chi connectivity index (χ1) is 11.1. The van der Waals surface area contributed by atoms with E-state index in [0.29, 0.717) is 6.04 Å². The third kappa shape index (κ3) is 59.4. The first-order valence-corrected chi connectivity index (χ1v) is 8.14. The van der Waals surface area contributed by atoms with Crippen molar-refractivity contribution in [2.75, 3.05) is 21.2 Å². The van der Waals surface area contributed by atoms with Crippen molar-refractivity contribution in [2.45, 2.75) is 47.6 Å². The fourth-order valence-corrected chi connectivity index (χ4v) is 0.397. The zero-order valence-electron chi connectivity index (χ0n) is 17.4. The molecule has 0 aliphatic carbocycles. The number of oxime groups is 1. The average molecular weight is 340 g/mol. The highest BCUT2D eigenvalue weighted by Crippen LogP contribution is 1.93. The smallest absolute Gasteiger partial charge is 0.106 e. The molecule has 0 radical (unpaired) electrons. The van der Waals surface area contributed by atoms with E-state index >= 15 is 0 Å². The van der Waals surface area contributed by atoms with E-state index in [-0.39, 0.29) is 0 Å². The Morgan fingerprint density at radius 2 is 1.38 bits per heavy atom. The molecule has 0 bridgehead atoms.